The lowest BCUT2D eigenvalue weighted by Crippen LogP contribution is -2.17. The Bertz CT molecular complexity index is 809. The molecule has 0 aliphatic carbocycles. The number of carbonyl (C=O) groups is 1. The van der Waals surface area contributed by atoms with Gasteiger partial charge in [0.25, 0.3) is 5.91 Å². The number of anilines is 1. The first-order valence-corrected chi connectivity index (χ1v) is 9.37. The van der Waals surface area contributed by atoms with Gasteiger partial charge in [-0.3, -0.25) is 4.79 Å². The standard InChI is InChI=1S/C22H28N2O5/c1-6-15(2)17-7-9-18(10-8-17)24-21(25)14-29-23-13-16-11-19(26-3)22(28-5)20(12-16)27-4/h7-13,15H,6,14H2,1-5H3,(H,24,25)/b23-13-/t15-/m1/s1. The molecule has 1 amide bonds. The Balaban J connectivity index is 1.90. The number of ether oxygens (including phenoxy) is 3. The largest absolute Gasteiger partial charge is 0.493 e. The predicted octanol–water partition coefficient (Wildman–Crippen LogP) is 4.22. The van der Waals surface area contributed by atoms with Crippen molar-refractivity contribution < 1.29 is 23.8 Å². The molecule has 2 aromatic rings. The van der Waals surface area contributed by atoms with Crippen LogP contribution >= 0.6 is 0 Å². The van der Waals surface area contributed by atoms with Crippen LogP contribution in [0.1, 0.15) is 37.3 Å². The number of hydrogen-bond acceptors (Lipinski definition) is 6. The summed E-state index contributed by atoms with van der Waals surface area (Å²) in [5.74, 6) is 1.71. The molecule has 7 nitrogen and oxygen atoms in total. The highest BCUT2D eigenvalue weighted by atomic mass is 16.6. The van der Waals surface area contributed by atoms with Crippen molar-refractivity contribution in [3.8, 4) is 17.2 Å². The summed E-state index contributed by atoms with van der Waals surface area (Å²) in [4.78, 5) is 17.1. The zero-order chi connectivity index (χ0) is 21.2. The molecule has 0 radical (unpaired) electrons. The summed E-state index contributed by atoms with van der Waals surface area (Å²) in [6.45, 7) is 4.12. The molecule has 0 aliphatic heterocycles. The van der Waals surface area contributed by atoms with Crippen molar-refractivity contribution in [2.45, 2.75) is 26.2 Å². The van der Waals surface area contributed by atoms with Crippen LogP contribution in [0.15, 0.2) is 41.6 Å². The van der Waals surface area contributed by atoms with Crippen LogP contribution in [-0.4, -0.2) is 40.1 Å². The fourth-order valence-electron chi connectivity index (χ4n) is 2.70. The zero-order valence-corrected chi connectivity index (χ0v) is 17.5. The summed E-state index contributed by atoms with van der Waals surface area (Å²) < 4.78 is 15.9. The SMILES string of the molecule is CC[C@@H](C)c1ccc(NC(=O)CO/N=C\c2cc(OC)c(OC)c(OC)c2)cc1. The molecule has 2 aromatic carbocycles. The van der Waals surface area contributed by atoms with Crippen LogP contribution in [0, 0.1) is 0 Å². The van der Waals surface area contributed by atoms with Gasteiger partial charge in [-0.05, 0) is 42.2 Å². The fraction of sp³-hybridized carbons (Fsp3) is 0.364. The number of nitrogens with zero attached hydrogens (tertiary/aromatic N) is 1. The fourth-order valence-corrected chi connectivity index (χ4v) is 2.70. The summed E-state index contributed by atoms with van der Waals surface area (Å²) in [5.41, 5.74) is 2.65. The van der Waals surface area contributed by atoms with E-state index in [1.54, 1.807) is 12.1 Å². The van der Waals surface area contributed by atoms with Gasteiger partial charge in [0.2, 0.25) is 5.75 Å². The lowest BCUT2D eigenvalue weighted by molar-refractivity contribution is -0.120. The molecule has 29 heavy (non-hydrogen) atoms. The van der Waals surface area contributed by atoms with E-state index in [0.29, 0.717) is 28.7 Å². The minimum atomic E-state index is -0.289. The Morgan fingerprint density at radius 2 is 1.69 bits per heavy atom. The van der Waals surface area contributed by atoms with Crippen molar-refractivity contribution in [3.05, 3.63) is 47.5 Å². The number of methoxy groups -OCH3 is 3. The van der Waals surface area contributed by atoms with Gasteiger partial charge in [-0.1, -0.05) is 31.1 Å². The van der Waals surface area contributed by atoms with Crippen molar-refractivity contribution in [2.24, 2.45) is 5.16 Å². The average Bonchev–Trinajstić information content (AvgIpc) is 2.75. The van der Waals surface area contributed by atoms with Gasteiger partial charge in [0.1, 0.15) is 0 Å². The third-order valence-electron chi connectivity index (χ3n) is 4.53. The van der Waals surface area contributed by atoms with Gasteiger partial charge in [-0.25, -0.2) is 0 Å². The number of oxime groups is 1. The van der Waals surface area contributed by atoms with E-state index in [2.05, 4.69) is 24.3 Å². The molecule has 0 aromatic heterocycles. The molecule has 2 rings (SSSR count). The Morgan fingerprint density at radius 1 is 1.07 bits per heavy atom. The molecule has 1 N–H and O–H groups in total. The second kappa shape index (κ2) is 10.9. The number of amides is 1. The lowest BCUT2D eigenvalue weighted by Gasteiger charge is -2.12. The number of benzene rings is 2. The van der Waals surface area contributed by atoms with Gasteiger partial charge >= 0.3 is 0 Å². The average molecular weight is 400 g/mol. The van der Waals surface area contributed by atoms with Crippen LogP contribution in [0.5, 0.6) is 17.2 Å². The van der Waals surface area contributed by atoms with Crippen molar-refractivity contribution in [1.82, 2.24) is 0 Å². The number of hydrogen-bond donors (Lipinski definition) is 1. The third kappa shape index (κ3) is 6.14. The molecular weight excluding hydrogens is 372 g/mol. The minimum absolute atomic E-state index is 0.200. The van der Waals surface area contributed by atoms with E-state index >= 15 is 0 Å². The molecule has 0 aliphatic rings. The predicted molar refractivity (Wildman–Crippen MR) is 113 cm³/mol. The van der Waals surface area contributed by atoms with Gasteiger partial charge in [0.15, 0.2) is 18.1 Å². The van der Waals surface area contributed by atoms with E-state index < -0.39 is 0 Å². The number of nitrogens with one attached hydrogen (secondary N) is 1. The highest BCUT2D eigenvalue weighted by Gasteiger charge is 2.12. The molecule has 0 unspecified atom stereocenters. The molecule has 0 saturated carbocycles. The van der Waals surface area contributed by atoms with E-state index in [9.17, 15) is 4.79 Å². The number of carbonyl (C=O) groups excluding carboxylic acids is 1. The first-order chi connectivity index (χ1) is 14.0. The quantitative estimate of drug-likeness (QED) is 0.477. The highest BCUT2D eigenvalue weighted by molar-refractivity contribution is 5.91. The Hall–Kier alpha value is -3.22. The highest BCUT2D eigenvalue weighted by Crippen LogP contribution is 2.37. The second-order valence-corrected chi connectivity index (χ2v) is 6.45. The van der Waals surface area contributed by atoms with Gasteiger partial charge < -0.3 is 24.4 Å². The van der Waals surface area contributed by atoms with Gasteiger partial charge in [0, 0.05) is 11.3 Å². The Kier molecular flexibility index (Phi) is 8.33. The maximum atomic E-state index is 12.0. The maximum Gasteiger partial charge on any atom is 0.265 e. The summed E-state index contributed by atoms with van der Waals surface area (Å²) in [7, 11) is 4.61. The molecule has 1 atom stereocenters. The minimum Gasteiger partial charge on any atom is -0.493 e. The zero-order valence-electron chi connectivity index (χ0n) is 17.5. The molecule has 0 saturated heterocycles. The topological polar surface area (TPSA) is 78.4 Å². The van der Waals surface area contributed by atoms with Gasteiger partial charge in [-0.2, -0.15) is 0 Å². The van der Waals surface area contributed by atoms with Crippen LogP contribution in [0.4, 0.5) is 5.69 Å². The second-order valence-electron chi connectivity index (χ2n) is 6.45. The van der Waals surface area contributed by atoms with E-state index in [1.807, 2.05) is 24.3 Å². The molecular formula is C22H28N2O5. The van der Waals surface area contributed by atoms with Crippen LogP contribution in [0.3, 0.4) is 0 Å². The lowest BCUT2D eigenvalue weighted by atomic mass is 9.99. The van der Waals surface area contributed by atoms with E-state index in [-0.39, 0.29) is 12.5 Å². The van der Waals surface area contributed by atoms with Gasteiger partial charge in [0.05, 0.1) is 27.5 Å². The van der Waals surface area contributed by atoms with Crippen LogP contribution in [-0.2, 0) is 9.63 Å². The normalized spacial score (nSPS) is 11.8. The molecule has 156 valence electrons. The Morgan fingerprint density at radius 3 is 2.21 bits per heavy atom. The summed E-state index contributed by atoms with van der Waals surface area (Å²) in [5, 5.41) is 6.62. The molecule has 0 fully saturated rings. The van der Waals surface area contributed by atoms with E-state index in [1.165, 1.54) is 33.1 Å². The van der Waals surface area contributed by atoms with Crippen LogP contribution < -0.4 is 19.5 Å². The van der Waals surface area contributed by atoms with Crippen molar-refractivity contribution in [3.63, 3.8) is 0 Å². The summed E-state index contributed by atoms with van der Waals surface area (Å²) in [6.07, 6.45) is 2.54. The first-order valence-electron chi connectivity index (χ1n) is 9.37. The Labute approximate surface area is 171 Å². The summed E-state index contributed by atoms with van der Waals surface area (Å²) in [6, 6.07) is 11.3. The first kappa shape index (κ1) is 22.1. The third-order valence-corrected chi connectivity index (χ3v) is 4.53. The van der Waals surface area contributed by atoms with Crippen molar-refractivity contribution in [2.75, 3.05) is 33.3 Å². The summed E-state index contributed by atoms with van der Waals surface area (Å²) >= 11 is 0. The van der Waals surface area contributed by atoms with Crippen LogP contribution in [0.25, 0.3) is 0 Å². The monoisotopic (exact) mass is 400 g/mol. The molecule has 7 heteroatoms. The van der Waals surface area contributed by atoms with E-state index in [4.69, 9.17) is 19.0 Å². The molecule has 0 heterocycles. The molecule has 0 bridgehead atoms. The van der Waals surface area contributed by atoms with Gasteiger partial charge in [-0.15, -0.1) is 0 Å². The molecule has 0 spiro atoms. The van der Waals surface area contributed by atoms with Crippen molar-refractivity contribution in [1.29, 1.82) is 0 Å². The maximum absolute atomic E-state index is 12.0. The van der Waals surface area contributed by atoms with E-state index in [0.717, 1.165) is 12.1 Å². The smallest absolute Gasteiger partial charge is 0.265 e. The van der Waals surface area contributed by atoms with Crippen LogP contribution in [0.2, 0.25) is 0 Å². The van der Waals surface area contributed by atoms with Crippen molar-refractivity contribution >= 4 is 17.8 Å². The number of rotatable bonds is 10.